The molecule has 9 nitrogen and oxygen atoms in total. The Kier molecular flexibility index (Phi) is 8.04. The van der Waals surface area contributed by atoms with E-state index in [1.54, 1.807) is 53.6 Å². The second-order valence-corrected chi connectivity index (χ2v) is 11.6. The predicted molar refractivity (Wildman–Crippen MR) is 152 cm³/mol. The molecular weight excluding hydrogens is 575 g/mol. The van der Waals surface area contributed by atoms with Gasteiger partial charge in [-0.25, -0.2) is 9.78 Å². The van der Waals surface area contributed by atoms with E-state index in [0.29, 0.717) is 45.9 Å². The molecule has 0 radical (unpaired) electrons. The Labute approximate surface area is 242 Å². The van der Waals surface area contributed by atoms with Crippen molar-refractivity contribution in [3.63, 3.8) is 0 Å². The van der Waals surface area contributed by atoms with E-state index in [-0.39, 0.29) is 34.5 Å². The molecule has 4 aromatic rings. The second kappa shape index (κ2) is 11.5. The molecule has 0 aliphatic carbocycles. The van der Waals surface area contributed by atoms with Crippen molar-refractivity contribution in [3.8, 4) is 0 Å². The summed E-state index contributed by atoms with van der Waals surface area (Å²) in [5.74, 6) is -2.15. The number of nitrogens with zero attached hydrogens (tertiary/aromatic N) is 2. The molecule has 0 saturated heterocycles. The van der Waals surface area contributed by atoms with E-state index in [9.17, 15) is 24.0 Å². The highest BCUT2D eigenvalue weighted by Crippen LogP contribution is 2.35. The number of carboxylic acids is 1. The molecule has 2 unspecified atom stereocenters. The minimum atomic E-state index is -1.27. The zero-order valence-corrected chi connectivity index (χ0v) is 23.6. The number of nitrogens with one attached hydrogen (secondary N) is 2. The van der Waals surface area contributed by atoms with Gasteiger partial charge in [0.2, 0.25) is 0 Å². The number of aromatic amines is 1. The summed E-state index contributed by atoms with van der Waals surface area (Å²) in [5, 5.41) is 13.3. The Morgan fingerprint density at radius 2 is 2.00 bits per heavy atom. The van der Waals surface area contributed by atoms with Crippen LogP contribution in [0.5, 0.6) is 0 Å². The number of H-pyrrole nitrogens is 1. The smallest absolute Gasteiger partial charge is 0.326 e. The Bertz CT molecular complexity index is 1610. The molecule has 40 heavy (non-hydrogen) atoms. The van der Waals surface area contributed by atoms with Crippen molar-refractivity contribution in [2.45, 2.75) is 30.3 Å². The number of carboxylic acid groups (broad SMARTS) is 1. The number of fused-ring (bicyclic) bond motifs is 2. The van der Waals surface area contributed by atoms with Gasteiger partial charge < -0.3 is 24.9 Å². The van der Waals surface area contributed by atoms with Gasteiger partial charge in [0.15, 0.2) is 4.90 Å². The van der Waals surface area contributed by atoms with Gasteiger partial charge in [-0.3, -0.25) is 9.59 Å². The highest BCUT2D eigenvalue weighted by atomic mass is 35.5. The van der Waals surface area contributed by atoms with E-state index in [1.165, 1.54) is 6.26 Å². The second-order valence-electron chi connectivity index (χ2n) is 9.46. The van der Waals surface area contributed by atoms with Crippen molar-refractivity contribution in [2.24, 2.45) is 0 Å². The maximum absolute atomic E-state index is 13.2. The number of aromatic nitrogens is 2. The lowest BCUT2D eigenvalue weighted by atomic mass is 9.96. The number of aliphatic carboxylic acids is 1. The summed E-state index contributed by atoms with van der Waals surface area (Å²) < 4.78 is 11.8. The van der Waals surface area contributed by atoms with Gasteiger partial charge in [0.05, 0.1) is 15.6 Å². The van der Waals surface area contributed by atoms with Gasteiger partial charge in [-0.1, -0.05) is 35.3 Å². The molecule has 0 bridgehead atoms. The maximum Gasteiger partial charge on any atom is 0.326 e. The van der Waals surface area contributed by atoms with Crippen LogP contribution in [-0.2, 0) is 35.4 Å². The number of halogens is 2. The van der Waals surface area contributed by atoms with Crippen LogP contribution >= 0.6 is 23.2 Å². The summed E-state index contributed by atoms with van der Waals surface area (Å²) in [6.07, 6.45) is 3.55. The summed E-state index contributed by atoms with van der Waals surface area (Å²) >= 11 is 11.9. The summed E-state index contributed by atoms with van der Waals surface area (Å²) in [6, 6.07) is 12.5. The van der Waals surface area contributed by atoms with E-state index < -0.39 is 29.1 Å². The molecule has 2 aromatic heterocycles. The summed E-state index contributed by atoms with van der Waals surface area (Å²) in [7, 11) is 0. The molecule has 3 heterocycles. The molecule has 5 rings (SSSR count). The number of rotatable bonds is 7. The van der Waals surface area contributed by atoms with Gasteiger partial charge in [-0.15, -0.1) is 0 Å². The Balaban J connectivity index is 1.34. The summed E-state index contributed by atoms with van der Waals surface area (Å²) in [4.78, 5) is 47.9. The van der Waals surface area contributed by atoms with Crippen LogP contribution in [0.1, 0.15) is 37.5 Å². The normalized spacial score (nSPS) is 14.4. The Morgan fingerprint density at radius 1 is 1.20 bits per heavy atom. The quantitative estimate of drug-likeness (QED) is 0.272. The van der Waals surface area contributed by atoms with Crippen LogP contribution in [-0.4, -0.2) is 61.2 Å². The number of amides is 2. The molecule has 3 N–H and O–H groups in total. The predicted octanol–water partition coefficient (Wildman–Crippen LogP) is 4.23. The van der Waals surface area contributed by atoms with Crippen molar-refractivity contribution in [1.29, 1.82) is 0 Å². The molecule has 12 heteroatoms. The molecule has 2 amide bonds. The first kappa shape index (κ1) is 28.0. The van der Waals surface area contributed by atoms with Crippen LogP contribution in [0.3, 0.4) is 0 Å². The lowest BCUT2D eigenvalue weighted by Gasteiger charge is -2.30. The summed E-state index contributed by atoms with van der Waals surface area (Å²) in [5.41, 5.74) is 3.03. The van der Waals surface area contributed by atoms with Crippen molar-refractivity contribution in [1.82, 2.24) is 20.2 Å². The standard InChI is InChI=1S/C28H24Cl2N4O5S/c1-40(39)18-6-2-4-15(10-18)11-22(28(37)38)33-26(35)23-20(29)12-17-14-34(9-7-19(17)24(23)30)27(36)21-13-16-5-3-8-31-25(16)32-21/h2-6,8,10,12-13,22H,7,9,11,14H2,1H3,(H,31,32)(H,33,35)(H,37,38). The number of hydrogen-bond donors (Lipinski definition) is 3. The van der Waals surface area contributed by atoms with Crippen LogP contribution in [0, 0.1) is 0 Å². The topological polar surface area (TPSA) is 138 Å². The molecule has 206 valence electrons. The number of benzene rings is 2. The van der Waals surface area contributed by atoms with Crippen LogP contribution in [0.4, 0.5) is 0 Å². The minimum Gasteiger partial charge on any atom is -0.612 e. The molecule has 1 aliphatic rings. The zero-order valence-electron chi connectivity index (χ0n) is 21.2. The number of carbonyl (C=O) groups is 3. The minimum absolute atomic E-state index is 0.0155. The lowest BCUT2D eigenvalue weighted by molar-refractivity contribution is -0.139. The molecule has 0 fully saturated rings. The highest BCUT2D eigenvalue weighted by Gasteiger charge is 2.30. The maximum atomic E-state index is 13.2. The van der Waals surface area contributed by atoms with Crippen molar-refractivity contribution >= 4 is 63.2 Å². The average Bonchev–Trinajstić information content (AvgIpc) is 3.36. The van der Waals surface area contributed by atoms with Crippen molar-refractivity contribution in [2.75, 3.05) is 12.8 Å². The van der Waals surface area contributed by atoms with Crippen LogP contribution in [0.25, 0.3) is 11.0 Å². The molecule has 2 aromatic carbocycles. The molecule has 1 aliphatic heterocycles. The van der Waals surface area contributed by atoms with E-state index in [2.05, 4.69) is 15.3 Å². The highest BCUT2D eigenvalue weighted by molar-refractivity contribution is 7.90. The van der Waals surface area contributed by atoms with Crippen molar-refractivity contribution in [3.05, 3.63) is 92.7 Å². The lowest BCUT2D eigenvalue weighted by Crippen LogP contribution is -2.42. The first-order valence-electron chi connectivity index (χ1n) is 12.3. The first-order valence-corrected chi connectivity index (χ1v) is 14.6. The van der Waals surface area contributed by atoms with Crippen LogP contribution < -0.4 is 5.32 Å². The van der Waals surface area contributed by atoms with E-state index in [4.69, 9.17) is 23.2 Å². The monoisotopic (exact) mass is 598 g/mol. The van der Waals surface area contributed by atoms with Gasteiger partial charge >= 0.3 is 5.97 Å². The van der Waals surface area contributed by atoms with Crippen LogP contribution in [0.2, 0.25) is 10.0 Å². The molecule has 0 saturated carbocycles. The van der Waals surface area contributed by atoms with Crippen LogP contribution in [0.15, 0.2) is 59.6 Å². The third-order valence-electron chi connectivity index (χ3n) is 6.81. The van der Waals surface area contributed by atoms with E-state index in [0.717, 1.165) is 5.39 Å². The van der Waals surface area contributed by atoms with E-state index in [1.807, 2.05) is 6.07 Å². The zero-order chi connectivity index (χ0) is 28.6. The number of hydrogen-bond acceptors (Lipinski definition) is 5. The first-order chi connectivity index (χ1) is 19.1. The van der Waals surface area contributed by atoms with Gasteiger partial charge in [-0.05, 0) is 70.7 Å². The Hall–Kier alpha value is -3.57. The average molecular weight is 599 g/mol. The molecule has 2 atom stereocenters. The fourth-order valence-corrected chi connectivity index (χ4v) is 6.15. The third kappa shape index (κ3) is 5.66. The Morgan fingerprint density at radius 3 is 2.73 bits per heavy atom. The van der Waals surface area contributed by atoms with Gasteiger partial charge in [-0.2, -0.15) is 0 Å². The van der Waals surface area contributed by atoms with Gasteiger partial charge in [0, 0.05) is 31.1 Å². The molecule has 0 spiro atoms. The van der Waals surface area contributed by atoms with Gasteiger partial charge in [0.1, 0.15) is 23.6 Å². The number of pyridine rings is 1. The third-order valence-corrected chi connectivity index (χ3v) is 8.45. The fraction of sp³-hybridized carbons (Fsp3) is 0.214. The fourth-order valence-electron chi connectivity index (χ4n) is 4.79. The number of carbonyl (C=O) groups excluding carboxylic acids is 2. The summed E-state index contributed by atoms with van der Waals surface area (Å²) in [6.45, 7) is 0.606. The van der Waals surface area contributed by atoms with Crippen molar-refractivity contribution < 1.29 is 24.0 Å². The SMILES string of the molecule is C[S+]([O-])c1cccc(CC(NC(=O)c2c(Cl)cc3c(c2Cl)CCN(C(=O)c2cc4cccnc4[nH]2)C3)C(=O)O)c1. The van der Waals surface area contributed by atoms with E-state index >= 15 is 0 Å². The largest absolute Gasteiger partial charge is 0.612 e. The van der Waals surface area contributed by atoms with Gasteiger partial charge in [0.25, 0.3) is 11.8 Å². The molecular formula is C28H24Cl2N4O5S.